The van der Waals surface area contributed by atoms with Crippen LogP contribution in [-0.2, 0) is 4.79 Å². The summed E-state index contributed by atoms with van der Waals surface area (Å²) in [7, 11) is 5.76. The van der Waals surface area contributed by atoms with Crippen LogP contribution in [0.4, 0.5) is 0 Å². The molecule has 3 aromatic rings. The second kappa shape index (κ2) is 13.8. The molecule has 0 aliphatic carbocycles. The lowest BCUT2D eigenvalue weighted by molar-refractivity contribution is -0.120. The molecule has 0 saturated heterocycles. The normalized spacial score (nSPS) is 10.5. The van der Waals surface area contributed by atoms with E-state index in [9.17, 15) is 14.4 Å². The van der Waals surface area contributed by atoms with Crippen molar-refractivity contribution in [2.75, 3.05) is 35.0 Å². The molecule has 0 radical (unpaired) electrons. The molecule has 0 heterocycles. The van der Waals surface area contributed by atoms with Gasteiger partial charge in [0, 0.05) is 10.0 Å². The highest BCUT2D eigenvalue weighted by Crippen LogP contribution is 2.38. The molecule has 204 valence electrons. The number of nitrogens with one attached hydrogen (secondary N) is 2. The van der Waals surface area contributed by atoms with E-state index in [-0.39, 0.29) is 17.9 Å². The third-order valence-corrected chi connectivity index (χ3v) is 5.74. The number of amides is 2. The Morgan fingerprint density at radius 2 is 1.44 bits per heavy atom. The average molecular weight is 600 g/mol. The molecule has 0 fully saturated rings. The van der Waals surface area contributed by atoms with Crippen molar-refractivity contribution in [1.82, 2.24) is 10.7 Å². The molecule has 0 aliphatic rings. The predicted octanol–water partition coefficient (Wildman–Crippen LogP) is 3.58. The highest BCUT2D eigenvalue weighted by Gasteiger charge is 2.17. The monoisotopic (exact) mass is 599 g/mol. The van der Waals surface area contributed by atoms with Gasteiger partial charge in [-0.25, -0.2) is 10.2 Å². The summed E-state index contributed by atoms with van der Waals surface area (Å²) in [5.41, 5.74) is 3.49. The van der Waals surface area contributed by atoms with Crippen molar-refractivity contribution in [3.63, 3.8) is 0 Å². The molecule has 3 rings (SSSR count). The summed E-state index contributed by atoms with van der Waals surface area (Å²) >= 11 is 3.32. The standard InChI is InChI=1S/C27H26BrN3O8/c1-35-21-11-16(5-10-20(21)39-27(34)17-6-8-19(28)9-7-17)14-30-31-24(32)15-29-26(33)18-12-22(36-2)25(38-4)23(13-18)37-3/h5-14H,15H2,1-4H3,(H,29,33)(H,31,32). The minimum Gasteiger partial charge on any atom is -0.493 e. The van der Waals surface area contributed by atoms with Crippen LogP contribution in [0.2, 0.25) is 0 Å². The fourth-order valence-corrected chi connectivity index (χ4v) is 3.55. The first-order valence-electron chi connectivity index (χ1n) is 11.4. The van der Waals surface area contributed by atoms with Gasteiger partial charge < -0.3 is 29.0 Å². The number of carbonyl (C=O) groups excluding carboxylic acids is 3. The van der Waals surface area contributed by atoms with E-state index in [1.54, 1.807) is 42.5 Å². The number of carbonyl (C=O) groups is 3. The number of hydrazone groups is 1. The number of hydrogen-bond donors (Lipinski definition) is 2. The number of nitrogens with zero attached hydrogens (tertiary/aromatic N) is 1. The zero-order chi connectivity index (χ0) is 28.4. The molecule has 39 heavy (non-hydrogen) atoms. The summed E-state index contributed by atoms with van der Waals surface area (Å²) in [5.74, 6) is -0.139. The van der Waals surface area contributed by atoms with Crippen LogP contribution in [0.5, 0.6) is 28.7 Å². The average Bonchev–Trinajstić information content (AvgIpc) is 2.95. The van der Waals surface area contributed by atoms with Crippen LogP contribution in [0.3, 0.4) is 0 Å². The summed E-state index contributed by atoms with van der Waals surface area (Å²) in [6, 6.07) is 14.5. The van der Waals surface area contributed by atoms with Crippen LogP contribution in [0.25, 0.3) is 0 Å². The molecule has 0 aliphatic heterocycles. The Kier molecular flexibility index (Phi) is 10.3. The Bertz CT molecular complexity index is 1350. The molecule has 2 amide bonds. The molecule has 0 atom stereocenters. The van der Waals surface area contributed by atoms with Crippen molar-refractivity contribution >= 4 is 39.9 Å². The number of halogens is 1. The van der Waals surface area contributed by atoms with Gasteiger partial charge in [0.25, 0.3) is 11.8 Å². The summed E-state index contributed by atoms with van der Waals surface area (Å²) in [5, 5.41) is 6.39. The lowest BCUT2D eigenvalue weighted by Crippen LogP contribution is -2.34. The maximum absolute atomic E-state index is 12.5. The van der Waals surface area contributed by atoms with Gasteiger partial charge in [0.05, 0.1) is 46.8 Å². The van der Waals surface area contributed by atoms with Crippen molar-refractivity contribution in [2.45, 2.75) is 0 Å². The number of methoxy groups -OCH3 is 4. The Balaban J connectivity index is 1.56. The summed E-state index contributed by atoms with van der Waals surface area (Å²) in [6.45, 7) is -0.332. The van der Waals surface area contributed by atoms with E-state index in [1.807, 2.05) is 0 Å². The molecule has 12 heteroatoms. The predicted molar refractivity (Wildman–Crippen MR) is 146 cm³/mol. The molecule has 2 N–H and O–H groups in total. The Hall–Kier alpha value is -4.58. The van der Waals surface area contributed by atoms with Crippen molar-refractivity contribution in [3.8, 4) is 28.7 Å². The Morgan fingerprint density at radius 1 is 0.795 bits per heavy atom. The molecule has 0 unspecified atom stereocenters. The van der Waals surface area contributed by atoms with E-state index in [2.05, 4.69) is 31.8 Å². The minimum absolute atomic E-state index is 0.217. The Labute approximate surface area is 233 Å². The Morgan fingerprint density at radius 3 is 2.03 bits per heavy atom. The van der Waals surface area contributed by atoms with Gasteiger partial charge in [0.1, 0.15) is 0 Å². The van der Waals surface area contributed by atoms with Crippen LogP contribution < -0.4 is 34.4 Å². The van der Waals surface area contributed by atoms with E-state index in [0.717, 1.165) is 4.47 Å². The van der Waals surface area contributed by atoms with Crippen molar-refractivity contribution in [3.05, 3.63) is 75.8 Å². The van der Waals surface area contributed by atoms with Crippen LogP contribution >= 0.6 is 15.9 Å². The summed E-state index contributed by atoms with van der Waals surface area (Å²) < 4.78 is 27.3. The first kappa shape index (κ1) is 29.0. The maximum Gasteiger partial charge on any atom is 0.343 e. The fourth-order valence-electron chi connectivity index (χ4n) is 3.29. The second-order valence-corrected chi connectivity index (χ2v) is 8.61. The molecule has 11 nitrogen and oxygen atoms in total. The number of rotatable bonds is 11. The van der Waals surface area contributed by atoms with Crippen LogP contribution in [0.1, 0.15) is 26.3 Å². The smallest absolute Gasteiger partial charge is 0.343 e. The number of esters is 1. The lowest BCUT2D eigenvalue weighted by Gasteiger charge is -2.14. The molecular formula is C27H26BrN3O8. The van der Waals surface area contributed by atoms with Crippen LogP contribution in [0, 0.1) is 0 Å². The van der Waals surface area contributed by atoms with Crippen LogP contribution in [0.15, 0.2) is 64.2 Å². The van der Waals surface area contributed by atoms with Gasteiger partial charge in [-0.05, 0) is 60.2 Å². The minimum atomic E-state index is -0.556. The largest absolute Gasteiger partial charge is 0.493 e. The third-order valence-electron chi connectivity index (χ3n) is 5.21. The first-order chi connectivity index (χ1) is 18.8. The van der Waals surface area contributed by atoms with E-state index in [0.29, 0.717) is 34.1 Å². The highest BCUT2D eigenvalue weighted by molar-refractivity contribution is 9.10. The number of ether oxygens (including phenoxy) is 5. The van der Waals surface area contributed by atoms with Crippen molar-refractivity contribution < 1.29 is 38.1 Å². The SMILES string of the molecule is COc1cc(C=NNC(=O)CNC(=O)c2cc(OC)c(OC)c(OC)c2)ccc1OC(=O)c1ccc(Br)cc1. The van der Waals surface area contributed by atoms with Gasteiger partial charge in [-0.15, -0.1) is 0 Å². The lowest BCUT2D eigenvalue weighted by atomic mass is 10.1. The van der Waals surface area contributed by atoms with E-state index in [4.69, 9.17) is 23.7 Å². The van der Waals surface area contributed by atoms with E-state index < -0.39 is 17.8 Å². The van der Waals surface area contributed by atoms with Gasteiger partial charge in [-0.1, -0.05) is 15.9 Å². The summed E-state index contributed by atoms with van der Waals surface area (Å²) in [6.07, 6.45) is 1.38. The third kappa shape index (κ3) is 7.71. The fraction of sp³-hybridized carbons (Fsp3) is 0.185. The zero-order valence-electron chi connectivity index (χ0n) is 21.6. The molecule has 0 aromatic heterocycles. The second-order valence-electron chi connectivity index (χ2n) is 7.70. The van der Waals surface area contributed by atoms with E-state index in [1.165, 1.54) is 46.8 Å². The molecule has 0 saturated carbocycles. The number of benzene rings is 3. The molecular weight excluding hydrogens is 574 g/mol. The van der Waals surface area contributed by atoms with Gasteiger partial charge >= 0.3 is 5.97 Å². The quantitative estimate of drug-likeness (QED) is 0.148. The van der Waals surface area contributed by atoms with Crippen molar-refractivity contribution in [2.24, 2.45) is 5.10 Å². The maximum atomic E-state index is 12.5. The highest BCUT2D eigenvalue weighted by atomic mass is 79.9. The molecule has 0 spiro atoms. The van der Waals surface area contributed by atoms with Gasteiger partial charge in [0.2, 0.25) is 5.75 Å². The van der Waals surface area contributed by atoms with Gasteiger partial charge in [-0.2, -0.15) is 5.10 Å². The van der Waals surface area contributed by atoms with Crippen molar-refractivity contribution in [1.29, 1.82) is 0 Å². The first-order valence-corrected chi connectivity index (χ1v) is 12.1. The van der Waals surface area contributed by atoms with Gasteiger partial charge in [0.15, 0.2) is 23.0 Å². The van der Waals surface area contributed by atoms with Gasteiger partial charge in [-0.3, -0.25) is 9.59 Å². The summed E-state index contributed by atoms with van der Waals surface area (Å²) in [4.78, 5) is 37.1. The number of hydrogen-bond acceptors (Lipinski definition) is 9. The zero-order valence-corrected chi connectivity index (χ0v) is 23.2. The molecule has 3 aromatic carbocycles. The van der Waals surface area contributed by atoms with E-state index >= 15 is 0 Å². The molecule has 0 bridgehead atoms. The van der Waals surface area contributed by atoms with Crippen LogP contribution in [-0.4, -0.2) is 59.0 Å². The topological polar surface area (TPSA) is 134 Å².